The highest BCUT2D eigenvalue weighted by atomic mass is 16.5. The van der Waals surface area contributed by atoms with Crippen molar-refractivity contribution in [1.82, 2.24) is 19.9 Å². The molecule has 0 aliphatic carbocycles. The van der Waals surface area contributed by atoms with Gasteiger partial charge in [0.2, 0.25) is 0 Å². The molecule has 4 aromatic carbocycles. The number of fused-ring (bicyclic) bond motifs is 8. The van der Waals surface area contributed by atoms with Gasteiger partial charge in [-0.3, -0.25) is 0 Å². The Morgan fingerprint density at radius 1 is 0.382 bits per heavy atom. The van der Waals surface area contributed by atoms with Gasteiger partial charge in [0, 0.05) is 44.3 Å². The van der Waals surface area contributed by atoms with Crippen LogP contribution < -0.4 is 14.2 Å². The molecule has 2 N–H and O–H groups in total. The monoisotopic (exact) mass is 718 g/mol. The number of H-pyrrole nitrogens is 2. The molecule has 3 aromatic heterocycles. The second-order valence-corrected chi connectivity index (χ2v) is 13.5. The molecular formula is C48H38N4O3. The van der Waals surface area contributed by atoms with Crippen LogP contribution in [0.5, 0.6) is 17.2 Å². The Morgan fingerprint density at radius 2 is 0.709 bits per heavy atom. The van der Waals surface area contributed by atoms with Crippen LogP contribution in [0, 0.1) is 6.92 Å². The highest BCUT2D eigenvalue weighted by Crippen LogP contribution is 2.39. The lowest BCUT2D eigenvalue weighted by molar-refractivity contribution is 0.415. The third-order valence-corrected chi connectivity index (χ3v) is 10.3. The number of aromatic amines is 2. The van der Waals surface area contributed by atoms with Crippen molar-refractivity contribution < 1.29 is 14.2 Å². The van der Waals surface area contributed by atoms with Crippen molar-refractivity contribution in [2.75, 3.05) is 21.3 Å². The molecule has 7 nitrogen and oxygen atoms in total. The summed E-state index contributed by atoms with van der Waals surface area (Å²) in [5.74, 6) is 2.36. The summed E-state index contributed by atoms with van der Waals surface area (Å²) in [5, 5.41) is 0. The lowest BCUT2D eigenvalue weighted by Gasteiger charge is -2.09. The standard InChI is InChI=1S/C48H38N4O3/c1-29-7-5-6-8-36(29)48-43-27-25-41(51-43)46(31-11-17-34(54-3)18-12-31)39-23-21-37(49-39)45(30-9-15-33(53-2)16-10-30)38-22-24-40(50-38)47(42-26-28-44(48)52-42)32-13-19-35(55-4)20-14-32/h5-28,49,52H,1-4H3. The van der Waals surface area contributed by atoms with E-state index in [0.29, 0.717) is 0 Å². The van der Waals surface area contributed by atoms with E-state index in [1.54, 1.807) is 21.3 Å². The molecule has 0 saturated carbocycles. The van der Waals surface area contributed by atoms with Crippen molar-refractivity contribution in [2.45, 2.75) is 6.92 Å². The van der Waals surface area contributed by atoms with Gasteiger partial charge >= 0.3 is 0 Å². The summed E-state index contributed by atoms with van der Waals surface area (Å²) in [6, 6.07) is 41.4. The molecule has 8 bridgehead atoms. The van der Waals surface area contributed by atoms with Gasteiger partial charge in [0.05, 0.1) is 44.1 Å². The van der Waals surface area contributed by atoms with Gasteiger partial charge in [0.15, 0.2) is 0 Å². The second-order valence-electron chi connectivity index (χ2n) is 13.5. The van der Waals surface area contributed by atoms with Gasteiger partial charge in [-0.25, -0.2) is 9.97 Å². The van der Waals surface area contributed by atoms with Gasteiger partial charge in [-0.05, 0) is 120 Å². The molecular weight excluding hydrogens is 681 g/mol. The van der Waals surface area contributed by atoms with Crippen LogP contribution in [0.1, 0.15) is 28.3 Å². The number of rotatable bonds is 7. The topological polar surface area (TPSA) is 85.1 Å². The molecule has 0 fully saturated rings. The lowest BCUT2D eigenvalue weighted by Crippen LogP contribution is -1.91. The molecule has 0 spiro atoms. The number of aryl methyl sites for hydroxylation is 1. The first-order chi connectivity index (χ1) is 27.0. The molecule has 0 radical (unpaired) electrons. The largest absolute Gasteiger partial charge is 0.497 e. The SMILES string of the molecule is COc1ccc(-c2c3nc(c(-c4ccc(OC)cc4)c4ccc([nH]4)c(-c4ccccc4C)c4nc(c(-c5ccc(OC)cc5)c5ccc2[nH]5)C=C4)C=C3)cc1. The number of methoxy groups -OCH3 is 3. The van der Waals surface area contributed by atoms with Crippen molar-refractivity contribution in [1.29, 1.82) is 0 Å². The summed E-state index contributed by atoms with van der Waals surface area (Å²) in [6.07, 6.45) is 8.44. The molecule has 2 aliphatic heterocycles. The Labute approximate surface area is 319 Å². The van der Waals surface area contributed by atoms with Crippen LogP contribution in [0.3, 0.4) is 0 Å². The predicted molar refractivity (Wildman–Crippen MR) is 225 cm³/mol. The van der Waals surface area contributed by atoms with Crippen LogP contribution in [0.15, 0.2) is 121 Å². The van der Waals surface area contributed by atoms with Crippen LogP contribution in [-0.2, 0) is 0 Å². The number of benzene rings is 4. The normalized spacial score (nSPS) is 11.9. The van der Waals surface area contributed by atoms with E-state index in [4.69, 9.17) is 24.2 Å². The first kappa shape index (κ1) is 33.7. The quantitative estimate of drug-likeness (QED) is 0.171. The van der Waals surface area contributed by atoms with E-state index in [9.17, 15) is 0 Å². The fourth-order valence-electron chi connectivity index (χ4n) is 7.53. The molecule has 2 aliphatic rings. The fourth-order valence-corrected chi connectivity index (χ4v) is 7.53. The van der Waals surface area contributed by atoms with Gasteiger partial charge in [0.1, 0.15) is 17.2 Å². The number of hydrogen-bond acceptors (Lipinski definition) is 5. The Hall–Kier alpha value is -7.12. The molecule has 0 unspecified atom stereocenters. The molecule has 268 valence electrons. The highest BCUT2D eigenvalue weighted by Gasteiger charge is 2.19. The van der Waals surface area contributed by atoms with Gasteiger partial charge in [-0.2, -0.15) is 0 Å². The summed E-state index contributed by atoms with van der Waals surface area (Å²) in [6.45, 7) is 2.14. The maximum Gasteiger partial charge on any atom is 0.118 e. The van der Waals surface area contributed by atoms with E-state index in [1.165, 1.54) is 0 Å². The molecule has 9 rings (SSSR count). The van der Waals surface area contributed by atoms with Gasteiger partial charge < -0.3 is 24.2 Å². The molecule has 0 amide bonds. The van der Waals surface area contributed by atoms with E-state index in [1.807, 2.05) is 36.4 Å². The van der Waals surface area contributed by atoms with Crippen molar-refractivity contribution in [3.63, 3.8) is 0 Å². The van der Waals surface area contributed by atoms with Crippen molar-refractivity contribution >= 4 is 46.4 Å². The van der Waals surface area contributed by atoms with E-state index in [0.717, 1.165) is 112 Å². The van der Waals surface area contributed by atoms with E-state index >= 15 is 0 Å². The minimum atomic E-state index is 0.786. The molecule has 5 heterocycles. The van der Waals surface area contributed by atoms with Gasteiger partial charge in [0.25, 0.3) is 0 Å². The predicted octanol–water partition coefficient (Wildman–Crippen LogP) is 11.7. The summed E-state index contributed by atoms with van der Waals surface area (Å²) in [4.78, 5) is 18.4. The van der Waals surface area contributed by atoms with Crippen LogP contribution >= 0.6 is 0 Å². The molecule has 7 aromatic rings. The van der Waals surface area contributed by atoms with Crippen LogP contribution in [0.25, 0.3) is 90.9 Å². The first-order valence-corrected chi connectivity index (χ1v) is 18.2. The minimum Gasteiger partial charge on any atom is -0.497 e. The van der Waals surface area contributed by atoms with Crippen molar-refractivity contribution in [3.05, 3.63) is 150 Å². The zero-order valence-corrected chi connectivity index (χ0v) is 31.0. The molecule has 7 heteroatoms. The number of ether oxygens (including phenoxy) is 3. The zero-order chi connectivity index (χ0) is 37.5. The number of nitrogens with one attached hydrogen (secondary N) is 2. The summed E-state index contributed by atoms with van der Waals surface area (Å²) in [7, 11) is 5.05. The Kier molecular flexibility index (Phi) is 8.59. The van der Waals surface area contributed by atoms with Gasteiger partial charge in [-0.15, -0.1) is 0 Å². The van der Waals surface area contributed by atoms with Crippen molar-refractivity contribution in [3.8, 4) is 61.8 Å². The Morgan fingerprint density at radius 3 is 1.05 bits per heavy atom. The maximum atomic E-state index is 5.53. The fraction of sp³-hybridized carbons (Fsp3) is 0.0833. The van der Waals surface area contributed by atoms with Crippen LogP contribution in [-0.4, -0.2) is 41.3 Å². The van der Waals surface area contributed by atoms with E-state index in [2.05, 4.69) is 126 Å². The average molecular weight is 719 g/mol. The van der Waals surface area contributed by atoms with Crippen LogP contribution in [0.2, 0.25) is 0 Å². The summed E-state index contributed by atoms with van der Waals surface area (Å²) < 4.78 is 16.6. The first-order valence-electron chi connectivity index (χ1n) is 18.2. The maximum absolute atomic E-state index is 5.53. The van der Waals surface area contributed by atoms with Crippen molar-refractivity contribution in [2.24, 2.45) is 0 Å². The Balaban J connectivity index is 1.45. The molecule has 0 atom stereocenters. The number of hydrogen-bond donors (Lipinski definition) is 2. The van der Waals surface area contributed by atoms with Crippen LogP contribution in [0.4, 0.5) is 0 Å². The van der Waals surface area contributed by atoms with Gasteiger partial charge in [-0.1, -0.05) is 60.7 Å². The lowest BCUT2D eigenvalue weighted by atomic mass is 9.99. The third kappa shape index (κ3) is 6.15. The minimum absolute atomic E-state index is 0.786. The highest BCUT2D eigenvalue weighted by molar-refractivity contribution is 6.00. The number of aromatic nitrogens is 4. The Bertz CT molecular complexity index is 2760. The van der Waals surface area contributed by atoms with E-state index in [-0.39, 0.29) is 0 Å². The third-order valence-electron chi connectivity index (χ3n) is 10.3. The smallest absolute Gasteiger partial charge is 0.118 e. The second kappa shape index (κ2) is 14.0. The average Bonchev–Trinajstić information content (AvgIpc) is 4.07. The van der Waals surface area contributed by atoms with E-state index < -0.39 is 0 Å². The number of nitrogens with zero attached hydrogens (tertiary/aromatic N) is 2. The summed E-state index contributed by atoms with van der Waals surface area (Å²) >= 11 is 0. The molecule has 55 heavy (non-hydrogen) atoms. The summed E-state index contributed by atoms with van der Waals surface area (Å²) in [5.41, 5.74) is 16.4. The molecule has 0 saturated heterocycles. The zero-order valence-electron chi connectivity index (χ0n) is 31.0.